The van der Waals surface area contributed by atoms with Crippen molar-refractivity contribution in [2.24, 2.45) is 0 Å². The Labute approximate surface area is 202 Å². The maximum atomic E-state index is 12.0. The number of halogens is 1. The number of esters is 2. The summed E-state index contributed by atoms with van der Waals surface area (Å²) in [7, 11) is 0. The van der Waals surface area contributed by atoms with Gasteiger partial charge in [0.1, 0.15) is 6.61 Å². The Balaban J connectivity index is 3.54. The van der Waals surface area contributed by atoms with Crippen LogP contribution in [0.3, 0.4) is 0 Å². The lowest BCUT2D eigenvalue weighted by Gasteiger charge is -2.15. The van der Waals surface area contributed by atoms with Crippen molar-refractivity contribution in [2.45, 2.75) is 141 Å². The van der Waals surface area contributed by atoms with Gasteiger partial charge in [-0.3, -0.25) is 14.0 Å². The zero-order valence-corrected chi connectivity index (χ0v) is 21.3. The lowest BCUT2D eigenvalue weighted by molar-refractivity contribution is -0.161. The van der Waals surface area contributed by atoms with Gasteiger partial charge in [-0.25, -0.2) is 0 Å². The molecule has 0 spiro atoms. The minimum Gasteiger partial charge on any atom is -0.462 e. The molecule has 0 amide bonds. The minimum absolute atomic E-state index is 0.101. The summed E-state index contributed by atoms with van der Waals surface area (Å²) >= 11 is 0. The first kappa shape index (κ1) is 31.8. The van der Waals surface area contributed by atoms with Gasteiger partial charge < -0.3 is 14.6 Å². The number of unbranched alkanes of at least 4 members (excludes halogenated alkanes) is 16. The number of carbonyl (C=O) groups is 2. The van der Waals surface area contributed by atoms with Crippen LogP contribution in [0.15, 0.2) is 0 Å². The highest BCUT2D eigenvalue weighted by Crippen LogP contribution is 2.13. The van der Waals surface area contributed by atoms with Crippen LogP contribution in [-0.2, 0) is 19.1 Å². The molecular weight excluding hydrogens is 423 g/mol. The highest BCUT2D eigenvalue weighted by Gasteiger charge is 2.16. The Hall–Kier alpha value is -1.17. The fraction of sp³-hybridized carbons (Fsp3) is 0.926. The third-order valence-electron chi connectivity index (χ3n) is 5.93. The number of rotatable bonds is 25. The van der Waals surface area contributed by atoms with Crippen molar-refractivity contribution in [1.82, 2.24) is 0 Å². The number of aliphatic hydroxyl groups excluding tert-OH is 1. The number of aliphatic hydroxyl groups is 1. The Kier molecular flexibility index (Phi) is 24.6. The van der Waals surface area contributed by atoms with E-state index in [2.05, 4.69) is 6.92 Å². The molecule has 0 unspecified atom stereocenters. The number of ether oxygens (including phenoxy) is 2. The maximum Gasteiger partial charge on any atom is 0.306 e. The lowest BCUT2D eigenvalue weighted by Crippen LogP contribution is -2.28. The van der Waals surface area contributed by atoms with Gasteiger partial charge >= 0.3 is 11.9 Å². The second-order valence-electron chi connectivity index (χ2n) is 9.18. The Morgan fingerprint density at radius 3 is 1.55 bits per heavy atom. The molecule has 0 rings (SSSR count). The van der Waals surface area contributed by atoms with Crippen LogP contribution in [0.25, 0.3) is 0 Å². The van der Waals surface area contributed by atoms with Crippen molar-refractivity contribution < 1.29 is 28.6 Å². The van der Waals surface area contributed by atoms with Gasteiger partial charge in [0.15, 0.2) is 6.10 Å². The summed E-state index contributed by atoms with van der Waals surface area (Å²) in [6, 6.07) is 0. The monoisotopic (exact) mass is 474 g/mol. The third kappa shape index (κ3) is 23.8. The van der Waals surface area contributed by atoms with Gasteiger partial charge in [0, 0.05) is 12.8 Å². The van der Waals surface area contributed by atoms with Gasteiger partial charge in [-0.2, -0.15) is 0 Å². The Bertz CT molecular complexity index is 444. The Morgan fingerprint density at radius 1 is 0.667 bits per heavy atom. The van der Waals surface area contributed by atoms with Crippen LogP contribution in [0.4, 0.5) is 4.39 Å². The lowest BCUT2D eigenvalue weighted by atomic mass is 10.0. The van der Waals surface area contributed by atoms with Crippen LogP contribution in [0.2, 0.25) is 0 Å². The van der Waals surface area contributed by atoms with Gasteiger partial charge in [0.05, 0.1) is 13.3 Å². The van der Waals surface area contributed by atoms with Crippen LogP contribution in [0, 0.1) is 0 Å². The average molecular weight is 475 g/mol. The van der Waals surface area contributed by atoms with Gasteiger partial charge in [-0.15, -0.1) is 0 Å². The molecule has 0 aliphatic carbocycles. The zero-order chi connectivity index (χ0) is 24.4. The van der Waals surface area contributed by atoms with E-state index in [1.807, 2.05) is 0 Å². The van der Waals surface area contributed by atoms with E-state index in [0.29, 0.717) is 19.3 Å². The van der Waals surface area contributed by atoms with Gasteiger partial charge in [-0.1, -0.05) is 103 Å². The fourth-order valence-electron chi connectivity index (χ4n) is 3.81. The molecule has 0 aromatic heterocycles. The summed E-state index contributed by atoms with van der Waals surface area (Å²) in [5.74, 6) is -0.701. The number of hydrogen-bond acceptors (Lipinski definition) is 5. The van der Waals surface area contributed by atoms with Crippen molar-refractivity contribution >= 4 is 11.9 Å². The van der Waals surface area contributed by atoms with Gasteiger partial charge in [0.25, 0.3) is 0 Å². The van der Waals surface area contributed by atoms with Crippen molar-refractivity contribution in [3.05, 3.63) is 0 Å². The average Bonchev–Trinajstić information content (AvgIpc) is 2.81. The molecule has 0 heterocycles. The molecule has 0 aromatic carbocycles. The summed E-state index contributed by atoms with van der Waals surface area (Å²) < 4.78 is 22.3. The van der Waals surface area contributed by atoms with E-state index in [1.54, 1.807) is 0 Å². The van der Waals surface area contributed by atoms with Crippen LogP contribution in [0.1, 0.15) is 135 Å². The summed E-state index contributed by atoms with van der Waals surface area (Å²) in [5, 5.41) is 9.35. The van der Waals surface area contributed by atoms with E-state index in [-0.39, 0.29) is 32.3 Å². The standard InChI is InChI=1S/C27H51FO5/c1-2-3-4-5-6-7-8-9-10-11-12-14-17-20-26(30)32-24-25(23-29)33-27(31)21-18-15-13-16-19-22-28/h25,29H,2-24H2,1H3/t25-/m0/s1. The van der Waals surface area contributed by atoms with Crippen molar-refractivity contribution in [3.63, 3.8) is 0 Å². The predicted octanol–water partition coefficient (Wildman–Crippen LogP) is 7.23. The Morgan fingerprint density at radius 2 is 1.09 bits per heavy atom. The van der Waals surface area contributed by atoms with Gasteiger partial charge in [0.2, 0.25) is 0 Å². The molecule has 0 aromatic rings. The highest BCUT2D eigenvalue weighted by atomic mass is 19.1. The molecule has 6 heteroatoms. The second kappa shape index (κ2) is 25.5. The smallest absolute Gasteiger partial charge is 0.306 e. The van der Waals surface area contributed by atoms with Crippen LogP contribution in [-0.4, -0.2) is 43.0 Å². The molecule has 1 N–H and O–H groups in total. The van der Waals surface area contributed by atoms with Crippen molar-refractivity contribution in [1.29, 1.82) is 0 Å². The summed E-state index contributed by atoms with van der Waals surface area (Å²) in [4.78, 5) is 23.7. The first-order chi connectivity index (χ1) is 16.1. The highest BCUT2D eigenvalue weighted by molar-refractivity contribution is 5.70. The molecule has 1 atom stereocenters. The first-order valence-electron chi connectivity index (χ1n) is 13.7. The van der Waals surface area contributed by atoms with Crippen molar-refractivity contribution in [2.75, 3.05) is 19.9 Å². The normalized spacial score (nSPS) is 12.0. The molecule has 0 aliphatic heterocycles. The maximum absolute atomic E-state index is 12.0. The first-order valence-corrected chi connectivity index (χ1v) is 13.7. The van der Waals surface area contributed by atoms with Gasteiger partial charge in [-0.05, 0) is 19.3 Å². The van der Waals surface area contributed by atoms with E-state index in [9.17, 15) is 19.1 Å². The molecule has 0 saturated carbocycles. The minimum atomic E-state index is -0.806. The van der Waals surface area contributed by atoms with E-state index in [1.165, 1.54) is 64.2 Å². The molecule has 0 fully saturated rings. The van der Waals surface area contributed by atoms with Crippen LogP contribution >= 0.6 is 0 Å². The molecule has 33 heavy (non-hydrogen) atoms. The number of carbonyl (C=O) groups excluding carboxylic acids is 2. The second-order valence-corrected chi connectivity index (χ2v) is 9.18. The fourth-order valence-corrected chi connectivity index (χ4v) is 3.81. The summed E-state index contributed by atoms with van der Waals surface area (Å²) in [6.45, 7) is 1.49. The molecule has 0 aliphatic rings. The SMILES string of the molecule is CCCCCCCCCCCCCCCC(=O)OC[C@H](CO)OC(=O)CCCCCCCF. The quantitative estimate of drug-likeness (QED) is 0.112. The molecule has 5 nitrogen and oxygen atoms in total. The molecule has 0 radical (unpaired) electrons. The zero-order valence-electron chi connectivity index (χ0n) is 21.3. The van der Waals surface area contributed by atoms with E-state index < -0.39 is 12.1 Å². The van der Waals surface area contributed by atoms with Crippen LogP contribution < -0.4 is 0 Å². The molecule has 0 saturated heterocycles. The number of hydrogen-bond donors (Lipinski definition) is 1. The predicted molar refractivity (Wildman–Crippen MR) is 132 cm³/mol. The van der Waals surface area contributed by atoms with E-state index >= 15 is 0 Å². The summed E-state index contributed by atoms with van der Waals surface area (Å²) in [6.07, 6.45) is 20.0. The molecule has 0 bridgehead atoms. The van der Waals surface area contributed by atoms with E-state index in [4.69, 9.17) is 9.47 Å². The topological polar surface area (TPSA) is 72.8 Å². The van der Waals surface area contributed by atoms with Crippen LogP contribution in [0.5, 0.6) is 0 Å². The molecule has 196 valence electrons. The largest absolute Gasteiger partial charge is 0.462 e. The summed E-state index contributed by atoms with van der Waals surface area (Å²) in [5.41, 5.74) is 0. The van der Waals surface area contributed by atoms with Crippen molar-refractivity contribution in [3.8, 4) is 0 Å². The molecular formula is C27H51FO5. The third-order valence-corrected chi connectivity index (χ3v) is 5.93. The van der Waals surface area contributed by atoms with E-state index in [0.717, 1.165) is 38.5 Å². The number of alkyl halides is 1.